The fraction of sp³-hybridized carbons (Fsp3) is 1.00. The van der Waals surface area contributed by atoms with E-state index < -0.39 is 13.7 Å². The van der Waals surface area contributed by atoms with Crippen molar-refractivity contribution in [2.24, 2.45) is 0 Å². The molecular formula is C11H25O9P. The standard InChI is InChI=1S/C11H25O9P/c12-1-2-17-3-4-18-5-6-19-9-11(13)10-20-7-8-21(14,15)16/h11-13H,1-10H2,(H2,14,15,16)/t11-/m0/s1. The Morgan fingerprint density at radius 1 is 0.810 bits per heavy atom. The number of aliphatic hydroxyl groups excluding tert-OH is 2. The monoisotopic (exact) mass is 332 g/mol. The van der Waals surface area contributed by atoms with Crippen LogP contribution in [0.2, 0.25) is 0 Å². The van der Waals surface area contributed by atoms with Crippen LogP contribution in [0, 0.1) is 0 Å². The lowest BCUT2D eigenvalue weighted by Crippen LogP contribution is -2.23. The lowest BCUT2D eigenvalue weighted by Gasteiger charge is -2.12. The topological polar surface area (TPSA) is 135 Å². The Morgan fingerprint density at radius 3 is 1.81 bits per heavy atom. The number of rotatable bonds is 15. The molecule has 1 atom stereocenters. The molecule has 128 valence electrons. The average Bonchev–Trinajstić information content (AvgIpc) is 2.41. The summed E-state index contributed by atoms with van der Waals surface area (Å²) in [6, 6.07) is 0. The molecule has 4 N–H and O–H groups in total. The highest BCUT2D eigenvalue weighted by Gasteiger charge is 2.12. The molecule has 0 aliphatic heterocycles. The highest BCUT2D eigenvalue weighted by Crippen LogP contribution is 2.33. The van der Waals surface area contributed by atoms with Crippen LogP contribution in [0.5, 0.6) is 0 Å². The van der Waals surface area contributed by atoms with Gasteiger partial charge >= 0.3 is 7.60 Å². The smallest absolute Gasteiger partial charge is 0.327 e. The molecule has 0 aliphatic rings. The molecule has 0 spiro atoms. The normalized spacial score (nSPS) is 13.5. The van der Waals surface area contributed by atoms with E-state index >= 15 is 0 Å². The van der Waals surface area contributed by atoms with Crippen molar-refractivity contribution in [1.82, 2.24) is 0 Å². The molecular weight excluding hydrogens is 307 g/mol. The quantitative estimate of drug-likeness (QED) is 0.210. The first-order valence-electron chi connectivity index (χ1n) is 6.60. The van der Waals surface area contributed by atoms with Gasteiger partial charge in [-0.05, 0) is 0 Å². The fourth-order valence-electron chi connectivity index (χ4n) is 1.17. The second-order valence-corrected chi connectivity index (χ2v) is 5.92. The third kappa shape index (κ3) is 17.9. The van der Waals surface area contributed by atoms with E-state index in [1.165, 1.54) is 0 Å². The van der Waals surface area contributed by atoms with Gasteiger partial charge in [-0.1, -0.05) is 0 Å². The van der Waals surface area contributed by atoms with Gasteiger partial charge in [0.05, 0.1) is 65.6 Å². The van der Waals surface area contributed by atoms with Crippen molar-refractivity contribution in [2.45, 2.75) is 6.10 Å². The van der Waals surface area contributed by atoms with E-state index in [0.717, 1.165) is 0 Å². The zero-order valence-corrected chi connectivity index (χ0v) is 12.8. The van der Waals surface area contributed by atoms with Crippen LogP contribution < -0.4 is 0 Å². The third-order valence-electron chi connectivity index (χ3n) is 2.13. The summed E-state index contributed by atoms with van der Waals surface area (Å²) in [6.45, 7) is 1.63. The van der Waals surface area contributed by atoms with Gasteiger partial charge < -0.3 is 38.9 Å². The highest BCUT2D eigenvalue weighted by atomic mass is 31.2. The molecule has 0 heterocycles. The molecule has 10 heteroatoms. The fourth-order valence-corrected chi connectivity index (χ4v) is 1.54. The Morgan fingerprint density at radius 2 is 1.29 bits per heavy atom. The second kappa shape index (κ2) is 13.6. The van der Waals surface area contributed by atoms with Crippen LogP contribution in [0.25, 0.3) is 0 Å². The SMILES string of the molecule is O=P(O)(O)CCOC[C@@H](O)COCCOCCOCCO. The highest BCUT2D eigenvalue weighted by molar-refractivity contribution is 7.51. The minimum Gasteiger partial charge on any atom is -0.394 e. The molecule has 0 aromatic heterocycles. The van der Waals surface area contributed by atoms with Crippen molar-refractivity contribution in [3.63, 3.8) is 0 Å². The van der Waals surface area contributed by atoms with E-state index in [1.807, 2.05) is 0 Å². The lowest BCUT2D eigenvalue weighted by molar-refractivity contribution is -0.0357. The first-order chi connectivity index (χ1) is 9.95. The summed E-state index contributed by atoms with van der Waals surface area (Å²) >= 11 is 0. The summed E-state index contributed by atoms with van der Waals surface area (Å²) < 4.78 is 30.7. The number of hydrogen-bond acceptors (Lipinski definition) is 7. The van der Waals surface area contributed by atoms with Gasteiger partial charge in [0, 0.05) is 0 Å². The van der Waals surface area contributed by atoms with E-state index in [0.29, 0.717) is 26.4 Å². The van der Waals surface area contributed by atoms with Gasteiger partial charge in [0.2, 0.25) is 0 Å². The Bertz CT molecular complexity index is 270. The van der Waals surface area contributed by atoms with Crippen LogP contribution in [0.3, 0.4) is 0 Å². The molecule has 0 unspecified atom stereocenters. The van der Waals surface area contributed by atoms with Crippen LogP contribution in [-0.2, 0) is 23.5 Å². The first-order valence-corrected chi connectivity index (χ1v) is 8.40. The van der Waals surface area contributed by atoms with Gasteiger partial charge in [-0.2, -0.15) is 0 Å². The average molecular weight is 332 g/mol. The molecule has 0 saturated carbocycles. The van der Waals surface area contributed by atoms with Crippen LogP contribution in [0.1, 0.15) is 0 Å². The van der Waals surface area contributed by atoms with E-state index in [1.54, 1.807) is 0 Å². The molecule has 0 bridgehead atoms. The van der Waals surface area contributed by atoms with Crippen molar-refractivity contribution >= 4 is 7.60 Å². The molecule has 0 radical (unpaired) electrons. The van der Waals surface area contributed by atoms with E-state index in [4.69, 9.17) is 33.8 Å². The van der Waals surface area contributed by atoms with E-state index in [-0.39, 0.29) is 39.2 Å². The zero-order chi connectivity index (χ0) is 16.0. The van der Waals surface area contributed by atoms with Crippen molar-refractivity contribution in [3.05, 3.63) is 0 Å². The summed E-state index contributed by atoms with van der Waals surface area (Å²) in [5, 5.41) is 17.9. The minimum atomic E-state index is -4.05. The number of hydrogen-bond donors (Lipinski definition) is 4. The maximum absolute atomic E-state index is 10.5. The minimum absolute atomic E-state index is 0.0166. The zero-order valence-electron chi connectivity index (χ0n) is 11.9. The number of aliphatic hydroxyl groups is 2. The van der Waals surface area contributed by atoms with Gasteiger partial charge in [-0.15, -0.1) is 0 Å². The largest absolute Gasteiger partial charge is 0.394 e. The molecule has 0 saturated heterocycles. The molecule has 9 nitrogen and oxygen atoms in total. The van der Waals surface area contributed by atoms with Gasteiger partial charge in [0.1, 0.15) is 6.10 Å². The summed E-state index contributed by atoms with van der Waals surface area (Å²) in [7, 11) is -4.05. The molecule has 0 rings (SSSR count). The molecule has 0 aromatic rings. The first kappa shape index (κ1) is 20.9. The second-order valence-electron chi connectivity index (χ2n) is 4.14. The molecule has 21 heavy (non-hydrogen) atoms. The van der Waals surface area contributed by atoms with Crippen molar-refractivity contribution in [2.75, 3.05) is 65.6 Å². The molecule has 0 amide bonds. The van der Waals surface area contributed by atoms with Crippen molar-refractivity contribution in [3.8, 4) is 0 Å². The molecule has 0 fully saturated rings. The predicted octanol–water partition coefficient (Wildman–Crippen LogP) is -1.42. The van der Waals surface area contributed by atoms with Crippen LogP contribution in [0.15, 0.2) is 0 Å². The van der Waals surface area contributed by atoms with E-state index in [9.17, 15) is 9.67 Å². The maximum atomic E-state index is 10.5. The lowest BCUT2D eigenvalue weighted by atomic mass is 10.4. The third-order valence-corrected chi connectivity index (χ3v) is 2.89. The maximum Gasteiger partial charge on any atom is 0.327 e. The Hall–Kier alpha value is -0.0900. The number of ether oxygens (including phenoxy) is 4. The van der Waals surface area contributed by atoms with Crippen LogP contribution in [0.4, 0.5) is 0 Å². The van der Waals surface area contributed by atoms with Crippen LogP contribution >= 0.6 is 7.60 Å². The van der Waals surface area contributed by atoms with Gasteiger partial charge in [0.25, 0.3) is 0 Å². The molecule has 0 aliphatic carbocycles. The summed E-state index contributed by atoms with van der Waals surface area (Å²) in [5.74, 6) is 0. The molecule has 0 aromatic carbocycles. The Balaban J connectivity index is 3.23. The Kier molecular flexibility index (Phi) is 13.5. The van der Waals surface area contributed by atoms with Crippen molar-refractivity contribution in [1.29, 1.82) is 0 Å². The van der Waals surface area contributed by atoms with Gasteiger partial charge in [0.15, 0.2) is 0 Å². The summed E-state index contributed by atoms with van der Waals surface area (Å²) in [4.78, 5) is 17.2. The van der Waals surface area contributed by atoms with Gasteiger partial charge in [-0.3, -0.25) is 4.57 Å². The summed E-state index contributed by atoms with van der Waals surface area (Å²) in [6.07, 6.45) is -1.22. The van der Waals surface area contributed by atoms with Gasteiger partial charge in [-0.25, -0.2) is 0 Å². The van der Waals surface area contributed by atoms with E-state index in [2.05, 4.69) is 0 Å². The van der Waals surface area contributed by atoms with Crippen molar-refractivity contribution < 1.29 is 43.5 Å². The predicted molar refractivity (Wildman–Crippen MR) is 73.3 cm³/mol. The summed E-state index contributed by atoms with van der Waals surface area (Å²) in [5.41, 5.74) is 0. The van der Waals surface area contributed by atoms with Crippen LogP contribution in [-0.4, -0.2) is 91.7 Å². The Labute approximate surface area is 123 Å².